The Labute approximate surface area is 179 Å². The zero-order valence-corrected chi connectivity index (χ0v) is 17.7. The molecule has 1 saturated heterocycles. The van der Waals surface area contributed by atoms with Gasteiger partial charge in [0.2, 0.25) is 0 Å². The Balaban J connectivity index is 1.62. The molecule has 0 atom stereocenters. The number of halogens is 2. The highest BCUT2D eigenvalue weighted by Crippen LogP contribution is 2.33. The van der Waals surface area contributed by atoms with Gasteiger partial charge in [0.15, 0.2) is 6.61 Å². The van der Waals surface area contributed by atoms with Crippen LogP contribution in [-0.4, -0.2) is 35.1 Å². The van der Waals surface area contributed by atoms with E-state index in [1.165, 1.54) is 29.2 Å². The number of carbonyl (C=O) groups excluding carboxylic acids is 3. The average molecular weight is 479 g/mol. The van der Waals surface area contributed by atoms with Crippen LogP contribution < -0.4 is 10.1 Å². The third-order valence-electron chi connectivity index (χ3n) is 3.93. The Hall–Kier alpha value is -2.65. The summed E-state index contributed by atoms with van der Waals surface area (Å²) in [5.74, 6) is -0.641. The number of thioether (sulfide) groups is 1. The number of likely N-dealkylation sites (N-methyl/N-ethyl adjacent to an activating group) is 1. The summed E-state index contributed by atoms with van der Waals surface area (Å²) < 4.78 is 19.0. The standard InChI is InChI=1S/C20H16BrFN2O4S/c1-2-24-19(26)17(29-20(24)27)10-12-3-8-16(15(21)9-12)28-11-18(25)23-14-6-4-13(22)5-7-14/h3-10H,2,11H2,1H3,(H,23,25)/b17-10+. The molecule has 0 aromatic heterocycles. The molecule has 1 aliphatic heterocycles. The van der Waals surface area contributed by atoms with E-state index >= 15 is 0 Å². The Morgan fingerprint density at radius 3 is 2.59 bits per heavy atom. The summed E-state index contributed by atoms with van der Waals surface area (Å²) in [4.78, 5) is 37.5. The minimum Gasteiger partial charge on any atom is -0.483 e. The maximum Gasteiger partial charge on any atom is 0.293 e. The highest BCUT2D eigenvalue weighted by Gasteiger charge is 2.33. The summed E-state index contributed by atoms with van der Waals surface area (Å²) in [5.41, 5.74) is 1.18. The largest absolute Gasteiger partial charge is 0.483 e. The summed E-state index contributed by atoms with van der Waals surface area (Å²) in [6.07, 6.45) is 1.64. The molecular formula is C20H16BrFN2O4S. The molecule has 29 heavy (non-hydrogen) atoms. The molecule has 0 radical (unpaired) electrons. The minimum absolute atomic E-state index is 0.231. The molecule has 2 aromatic rings. The second kappa shape index (κ2) is 9.23. The van der Waals surface area contributed by atoms with Gasteiger partial charge >= 0.3 is 0 Å². The fraction of sp³-hybridized carbons (Fsp3) is 0.150. The van der Waals surface area contributed by atoms with E-state index in [1.54, 1.807) is 31.2 Å². The van der Waals surface area contributed by atoms with E-state index in [-0.39, 0.29) is 29.5 Å². The van der Waals surface area contributed by atoms with Gasteiger partial charge in [0.25, 0.3) is 17.1 Å². The quantitative estimate of drug-likeness (QED) is 0.610. The number of imide groups is 1. The molecule has 1 heterocycles. The predicted octanol–water partition coefficient (Wildman–Crippen LogP) is 4.66. The SMILES string of the molecule is CCN1C(=O)S/C(=C/c2ccc(OCC(=O)Nc3ccc(F)cc3)c(Br)c2)C1=O. The molecule has 1 aliphatic rings. The molecule has 6 nitrogen and oxygen atoms in total. The summed E-state index contributed by atoms with van der Waals surface area (Å²) in [6.45, 7) is 1.84. The van der Waals surface area contributed by atoms with Gasteiger partial charge in [0.1, 0.15) is 11.6 Å². The molecule has 0 saturated carbocycles. The zero-order valence-electron chi connectivity index (χ0n) is 15.3. The number of benzene rings is 2. The van der Waals surface area contributed by atoms with E-state index in [4.69, 9.17) is 4.74 Å². The third-order valence-corrected chi connectivity index (χ3v) is 5.46. The lowest BCUT2D eigenvalue weighted by atomic mass is 10.2. The molecule has 0 bridgehead atoms. The van der Waals surface area contributed by atoms with Crippen LogP contribution in [0, 0.1) is 5.82 Å². The fourth-order valence-corrected chi connectivity index (χ4v) is 3.94. The van der Waals surface area contributed by atoms with Crippen molar-refractivity contribution in [3.63, 3.8) is 0 Å². The van der Waals surface area contributed by atoms with E-state index in [2.05, 4.69) is 21.2 Å². The number of hydrogen-bond acceptors (Lipinski definition) is 5. The summed E-state index contributed by atoms with van der Waals surface area (Å²) >= 11 is 4.28. The number of rotatable bonds is 6. The lowest BCUT2D eigenvalue weighted by Gasteiger charge is -2.10. The molecular weight excluding hydrogens is 463 g/mol. The van der Waals surface area contributed by atoms with Gasteiger partial charge in [-0.2, -0.15) is 0 Å². The van der Waals surface area contributed by atoms with Gasteiger partial charge in [0, 0.05) is 12.2 Å². The summed E-state index contributed by atoms with van der Waals surface area (Å²) in [6, 6.07) is 10.5. The number of nitrogens with zero attached hydrogens (tertiary/aromatic N) is 1. The fourth-order valence-electron chi connectivity index (χ4n) is 2.52. The Bertz CT molecular complexity index is 994. The second-order valence-electron chi connectivity index (χ2n) is 5.96. The first-order valence-corrected chi connectivity index (χ1v) is 10.2. The first-order chi connectivity index (χ1) is 13.9. The first kappa shape index (κ1) is 21.1. The lowest BCUT2D eigenvalue weighted by molar-refractivity contribution is -0.122. The van der Waals surface area contributed by atoms with Crippen LogP contribution in [0.15, 0.2) is 51.8 Å². The Kier molecular flexibility index (Phi) is 6.71. The minimum atomic E-state index is -0.388. The van der Waals surface area contributed by atoms with Gasteiger partial charge in [-0.15, -0.1) is 0 Å². The van der Waals surface area contributed by atoms with Gasteiger partial charge in [-0.25, -0.2) is 4.39 Å². The lowest BCUT2D eigenvalue weighted by Crippen LogP contribution is -2.27. The number of amides is 3. The summed E-state index contributed by atoms with van der Waals surface area (Å²) in [7, 11) is 0. The molecule has 0 aliphatic carbocycles. The highest BCUT2D eigenvalue weighted by atomic mass is 79.9. The van der Waals surface area contributed by atoms with Crippen LogP contribution in [0.5, 0.6) is 5.75 Å². The van der Waals surface area contributed by atoms with Crippen LogP contribution in [0.4, 0.5) is 14.9 Å². The van der Waals surface area contributed by atoms with Crippen LogP contribution in [-0.2, 0) is 9.59 Å². The Morgan fingerprint density at radius 2 is 1.97 bits per heavy atom. The van der Waals surface area contributed by atoms with Crippen LogP contribution in [0.3, 0.4) is 0 Å². The number of anilines is 1. The van der Waals surface area contributed by atoms with Crippen LogP contribution in [0.2, 0.25) is 0 Å². The molecule has 1 fully saturated rings. The highest BCUT2D eigenvalue weighted by molar-refractivity contribution is 9.10. The monoisotopic (exact) mass is 478 g/mol. The predicted molar refractivity (Wildman–Crippen MR) is 113 cm³/mol. The van der Waals surface area contributed by atoms with Crippen LogP contribution in [0.1, 0.15) is 12.5 Å². The zero-order chi connectivity index (χ0) is 21.0. The second-order valence-corrected chi connectivity index (χ2v) is 7.81. The average Bonchev–Trinajstić information content (AvgIpc) is 2.95. The molecule has 1 N–H and O–H groups in total. The molecule has 2 aromatic carbocycles. The van der Waals surface area contributed by atoms with E-state index in [9.17, 15) is 18.8 Å². The molecule has 0 unspecified atom stereocenters. The van der Waals surface area contributed by atoms with Gasteiger partial charge in [0.05, 0.1) is 9.38 Å². The maximum atomic E-state index is 12.9. The first-order valence-electron chi connectivity index (χ1n) is 8.60. The number of nitrogens with one attached hydrogen (secondary N) is 1. The number of ether oxygens (including phenoxy) is 1. The smallest absolute Gasteiger partial charge is 0.293 e. The van der Waals surface area contributed by atoms with Crippen LogP contribution in [0.25, 0.3) is 6.08 Å². The number of carbonyl (C=O) groups is 3. The van der Waals surface area contributed by atoms with E-state index in [0.29, 0.717) is 32.9 Å². The summed E-state index contributed by atoms with van der Waals surface area (Å²) in [5, 5.41) is 2.32. The van der Waals surface area contributed by atoms with Crippen molar-refractivity contribution in [3.05, 3.63) is 63.2 Å². The third kappa shape index (κ3) is 5.24. The maximum absolute atomic E-state index is 12.9. The van der Waals surface area contributed by atoms with Crippen LogP contribution >= 0.6 is 27.7 Å². The molecule has 3 rings (SSSR count). The van der Waals surface area contributed by atoms with Crippen molar-refractivity contribution in [2.24, 2.45) is 0 Å². The van der Waals surface area contributed by atoms with Gasteiger partial charge in [-0.1, -0.05) is 6.07 Å². The van der Waals surface area contributed by atoms with E-state index in [0.717, 1.165) is 11.8 Å². The van der Waals surface area contributed by atoms with Crippen molar-refractivity contribution in [2.75, 3.05) is 18.5 Å². The van der Waals surface area contributed by atoms with Crippen molar-refractivity contribution >= 4 is 56.5 Å². The number of hydrogen-bond donors (Lipinski definition) is 1. The topological polar surface area (TPSA) is 75.7 Å². The van der Waals surface area contributed by atoms with Gasteiger partial charge < -0.3 is 10.1 Å². The van der Waals surface area contributed by atoms with Crippen molar-refractivity contribution in [3.8, 4) is 5.75 Å². The molecule has 3 amide bonds. The van der Waals surface area contributed by atoms with Gasteiger partial charge in [-0.05, 0) is 82.7 Å². The molecule has 9 heteroatoms. The van der Waals surface area contributed by atoms with Crippen molar-refractivity contribution in [1.29, 1.82) is 0 Å². The molecule has 150 valence electrons. The Morgan fingerprint density at radius 1 is 1.24 bits per heavy atom. The van der Waals surface area contributed by atoms with Crippen molar-refractivity contribution in [1.82, 2.24) is 4.90 Å². The van der Waals surface area contributed by atoms with E-state index in [1.807, 2.05) is 0 Å². The van der Waals surface area contributed by atoms with Gasteiger partial charge in [-0.3, -0.25) is 19.3 Å². The van der Waals surface area contributed by atoms with E-state index < -0.39 is 0 Å². The van der Waals surface area contributed by atoms with Crippen molar-refractivity contribution < 1.29 is 23.5 Å². The molecule has 0 spiro atoms. The normalized spacial score (nSPS) is 15.1. The van der Waals surface area contributed by atoms with Crippen molar-refractivity contribution in [2.45, 2.75) is 6.92 Å².